The Morgan fingerprint density at radius 1 is 1.21 bits per heavy atom. The van der Waals surface area contributed by atoms with Gasteiger partial charge in [-0.05, 0) is 25.0 Å². The molecule has 1 aliphatic carbocycles. The highest BCUT2D eigenvalue weighted by Crippen LogP contribution is 2.39. The summed E-state index contributed by atoms with van der Waals surface area (Å²) in [5, 5.41) is 0. The SMILES string of the molecule is COc1cccc(/C=C2/SC(=S)N(C3CCCCC3)C2=O)c1OC. The van der Waals surface area contributed by atoms with Crippen LogP contribution in [0.15, 0.2) is 23.1 Å². The summed E-state index contributed by atoms with van der Waals surface area (Å²) in [4.78, 5) is 15.3. The van der Waals surface area contributed by atoms with Crippen LogP contribution in [-0.4, -0.2) is 35.4 Å². The number of thioether (sulfide) groups is 1. The number of carbonyl (C=O) groups excluding carboxylic acids is 1. The van der Waals surface area contributed by atoms with Crippen molar-refractivity contribution in [3.05, 3.63) is 28.7 Å². The van der Waals surface area contributed by atoms with Crippen molar-refractivity contribution in [2.75, 3.05) is 14.2 Å². The lowest BCUT2D eigenvalue weighted by Crippen LogP contribution is -2.39. The van der Waals surface area contributed by atoms with Crippen molar-refractivity contribution in [2.24, 2.45) is 0 Å². The smallest absolute Gasteiger partial charge is 0.266 e. The summed E-state index contributed by atoms with van der Waals surface area (Å²) in [6.07, 6.45) is 7.53. The van der Waals surface area contributed by atoms with Crippen molar-refractivity contribution in [3.63, 3.8) is 0 Å². The second-order valence-electron chi connectivity index (χ2n) is 5.93. The first-order valence-corrected chi connectivity index (χ1v) is 9.36. The van der Waals surface area contributed by atoms with Gasteiger partial charge in [-0.1, -0.05) is 55.4 Å². The minimum Gasteiger partial charge on any atom is -0.493 e. The van der Waals surface area contributed by atoms with Gasteiger partial charge in [-0.3, -0.25) is 9.69 Å². The van der Waals surface area contributed by atoms with Crippen molar-refractivity contribution in [1.29, 1.82) is 0 Å². The Morgan fingerprint density at radius 2 is 1.96 bits per heavy atom. The molecule has 0 bridgehead atoms. The Balaban J connectivity index is 1.89. The fourth-order valence-electron chi connectivity index (χ4n) is 3.30. The number of para-hydroxylation sites is 1. The molecule has 1 aromatic carbocycles. The van der Waals surface area contributed by atoms with Crippen LogP contribution in [0.4, 0.5) is 0 Å². The fourth-order valence-corrected chi connectivity index (χ4v) is 4.69. The van der Waals surface area contributed by atoms with E-state index < -0.39 is 0 Å². The maximum absolute atomic E-state index is 12.9. The van der Waals surface area contributed by atoms with Crippen molar-refractivity contribution >= 4 is 40.3 Å². The van der Waals surface area contributed by atoms with E-state index in [-0.39, 0.29) is 11.9 Å². The number of benzene rings is 1. The Kier molecular flexibility index (Phi) is 5.46. The summed E-state index contributed by atoms with van der Waals surface area (Å²) in [7, 11) is 3.20. The van der Waals surface area contributed by atoms with E-state index in [1.807, 2.05) is 29.2 Å². The molecule has 1 aliphatic heterocycles. The number of rotatable bonds is 4. The number of nitrogens with zero attached hydrogens (tertiary/aromatic N) is 1. The minimum absolute atomic E-state index is 0.0155. The molecule has 2 fully saturated rings. The molecular formula is C18H21NO3S2. The Labute approximate surface area is 152 Å². The van der Waals surface area contributed by atoms with Crippen LogP contribution in [-0.2, 0) is 4.79 Å². The molecule has 6 heteroatoms. The van der Waals surface area contributed by atoms with Gasteiger partial charge < -0.3 is 9.47 Å². The summed E-state index contributed by atoms with van der Waals surface area (Å²) in [6, 6.07) is 5.89. The van der Waals surface area contributed by atoms with E-state index in [0.29, 0.717) is 20.7 Å². The summed E-state index contributed by atoms with van der Waals surface area (Å²) in [5.74, 6) is 1.29. The number of amides is 1. The number of hydrogen-bond donors (Lipinski definition) is 0. The Hall–Kier alpha value is -1.53. The van der Waals surface area contributed by atoms with Crippen LogP contribution in [0.25, 0.3) is 6.08 Å². The molecule has 4 nitrogen and oxygen atoms in total. The zero-order chi connectivity index (χ0) is 17.1. The van der Waals surface area contributed by atoms with Gasteiger partial charge in [-0.25, -0.2) is 0 Å². The first-order valence-electron chi connectivity index (χ1n) is 8.13. The third-order valence-electron chi connectivity index (χ3n) is 4.48. The van der Waals surface area contributed by atoms with Crippen molar-refractivity contribution in [1.82, 2.24) is 4.90 Å². The third-order valence-corrected chi connectivity index (χ3v) is 5.81. The van der Waals surface area contributed by atoms with E-state index in [9.17, 15) is 4.79 Å². The van der Waals surface area contributed by atoms with E-state index in [2.05, 4.69) is 0 Å². The monoisotopic (exact) mass is 363 g/mol. The van der Waals surface area contributed by atoms with E-state index >= 15 is 0 Å². The normalized spacial score (nSPS) is 20.8. The molecule has 1 saturated carbocycles. The molecule has 2 aliphatic rings. The molecule has 0 spiro atoms. The summed E-state index contributed by atoms with van der Waals surface area (Å²) >= 11 is 6.85. The van der Waals surface area contributed by atoms with Gasteiger partial charge >= 0.3 is 0 Å². The maximum Gasteiger partial charge on any atom is 0.266 e. The van der Waals surface area contributed by atoms with Crippen LogP contribution in [0.5, 0.6) is 11.5 Å². The second-order valence-corrected chi connectivity index (χ2v) is 7.60. The van der Waals surface area contributed by atoms with Crippen LogP contribution in [0.2, 0.25) is 0 Å². The third kappa shape index (κ3) is 3.30. The lowest BCUT2D eigenvalue weighted by atomic mass is 9.94. The Morgan fingerprint density at radius 3 is 2.62 bits per heavy atom. The molecule has 1 amide bonds. The quantitative estimate of drug-likeness (QED) is 0.591. The molecule has 1 heterocycles. The average molecular weight is 364 g/mol. The number of ether oxygens (including phenoxy) is 2. The number of carbonyl (C=O) groups is 1. The topological polar surface area (TPSA) is 38.8 Å². The summed E-state index contributed by atoms with van der Waals surface area (Å²) < 4.78 is 11.4. The van der Waals surface area contributed by atoms with E-state index in [4.69, 9.17) is 21.7 Å². The largest absolute Gasteiger partial charge is 0.493 e. The van der Waals surface area contributed by atoms with E-state index in [0.717, 1.165) is 18.4 Å². The first-order chi connectivity index (χ1) is 11.7. The zero-order valence-corrected chi connectivity index (χ0v) is 15.5. The Bertz CT molecular complexity index is 681. The van der Waals surface area contributed by atoms with Crippen molar-refractivity contribution in [3.8, 4) is 11.5 Å². The van der Waals surface area contributed by atoms with Crippen LogP contribution in [0.1, 0.15) is 37.7 Å². The fraction of sp³-hybridized carbons (Fsp3) is 0.444. The highest BCUT2D eigenvalue weighted by atomic mass is 32.2. The number of methoxy groups -OCH3 is 2. The first kappa shape index (κ1) is 17.3. The van der Waals surface area contributed by atoms with Crippen LogP contribution < -0.4 is 9.47 Å². The van der Waals surface area contributed by atoms with Gasteiger partial charge in [-0.15, -0.1) is 0 Å². The van der Waals surface area contributed by atoms with E-state index in [1.54, 1.807) is 14.2 Å². The summed E-state index contributed by atoms with van der Waals surface area (Å²) in [5.41, 5.74) is 0.820. The predicted molar refractivity (Wildman–Crippen MR) is 101 cm³/mol. The minimum atomic E-state index is 0.0155. The van der Waals surface area contributed by atoms with Gasteiger partial charge in [0, 0.05) is 11.6 Å². The van der Waals surface area contributed by atoms with Crippen molar-refractivity contribution in [2.45, 2.75) is 38.1 Å². The van der Waals surface area contributed by atoms with Gasteiger partial charge in [-0.2, -0.15) is 0 Å². The molecule has 24 heavy (non-hydrogen) atoms. The van der Waals surface area contributed by atoms with Gasteiger partial charge in [0.2, 0.25) is 0 Å². The molecule has 3 rings (SSSR count). The molecule has 1 saturated heterocycles. The molecule has 0 N–H and O–H groups in total. The van der Waals surface area contributed by atoms with Gasteiger partial charge in [0.25, 0.3) is 5.91 Å². The lowest BCUT2D eigenvalue weighted by molar-refractivity contribution is -0.124. The van der Waals surface area contributed by atoms with Gasteiger partial charge in [0.15, 0.2) is 11.5 Å². The highest BCUT2D eigenvalue weighted by molar-refractivity contribution is 8.26. The van der Waals surface area contributed by atoms with E-state index in [1.165, 1.54) is 31.0 Å². The predicted octanol–water partition coefficient (Wildman–Crippen LogP) is 4.24. The lowest BCUT2D eigenvalue weighted by Gasteiger charge is -2.29. The van der Waals surface area contributed by atoms with Crippen LogP contribution >= 0.6 is 24.0 Å². The van der Waals surface area contributed by atoms with Crippen LogP contribution in [0, 0.1) is 0 Å². The molecule has 128 valence electrons. The molecule has 0 unspecified atom stereocenters. The van der Waals surface area contributed by atoms with Crippen molar-refractivity contribution < 1.29 is 14.3 Å². The second kappa shape index (κ2) is 7.57. The number of hydrogen-bond acceptors (Lipinski definition) is 5. The summed E-state index contributed by atoms with van der Waals surface area (Å²) in [6.45, 7) is 0. The molecule has 1 aromatic rings. The molecule has 0 atom stereocenters. The van der Waals surface area contributed by atoms with Gasteiger partial charge in [0.1, 0.15) is 4.32 Å². The molecule has 0 radical (unpaired) electrons. The average Bonchev–Trinajstić information content (AvgIpc) is 2.89. The maximum atomic E-state index is 12.9. The standard InChI is InChI=1S/C18H21NO3S2/c1-21-14-10-6-7-12(16(14)22-2)11-15-17(20)19(18(23)24-15)13-8-4-3-5-9-13/h6-7,10-11,13H,3-5,8-9H2,1-2H3/b15-11+. The highest BCUT2D eigenvalue weighted by Gasteiger charge is 2.37. The zero-order valence-electron chi connectivity index (χ0n) is 13.9. The van der Waals surface area contributed by atoms with Gasteiger partial charge in [0.05, 0.1) is 19.1 Å². The molecular weight excluding hydrogens is 342 g/mol. The molecule has 0 aromatic heterocycles. The van der Waals surface area contributed by atoms with Crippen LogP contribution in [0.3, 0.4) is 0 Å². The number of thiocarbonyl (C=S) groups is 1.